The summed E-state index contributed by atoms with van der Waals surface area (Å²) in [6, 6.07) is 4.71. The van der Waals surface area contributed by atoms with Crippen molar-refractivity contribution >= 4 is 17.5 Å². The third-order valence-corrected chi connectivity index (χ3v) is 5.19. The molecule has 1 saturated heterocycles. The van der Waals surface area contributed by atoms with Crippen LogP contribution >= 0.6 is 0 Å². The van der Waals surface area contributed by atoms with Crippen molar-refractivity contribution in [2.75, 3.05) is 12.0 Å². The molecular formula is C17H15F3N2O2. The SMILES string of the molecule is O=C1[C@@H]2[C@H](C(=O)N1CNc1cccc(C(F)(F)F)c1)[C@H]1C=C[C@H]2C1. The number of imide groups is 1. The van der Waals surface area contributed by atoms with E-state index in [2.05, 4.69) is 5.32 Å². The average molecular weight is 336 g/mol. The quantitative estimate of drug-likeness (QED) is 0.682. The van der Waals surface area contributed by atoms with Crippen molar-refractivity contribution in [3.63, 3.8) is 0 Å². The Bertz CT molecular complexity index is 714. The molecule has 1 aromatic carbocycles. The highest BCUT2D eigenvalue weighted by atomic mass is 19.4. The molecule has 126 valence electrons. The number of alkyl halides is 3. The Morgan fingerprint density at radius 2 is 1.71 bits per heavy atom. The van der Waals surface area contributed by atoms with Crippen molar-refractivity contribution in [1.82, 2.24) is 4.90 Å². The zero-order chi connectivity index (χ0) is 17.1. The van der Waals surface area contributed by atoms with Gasteiger partial charge in [-0.2, -0.15) is 13.2 Å². The summed E-state index contributed by atoms with van der Waals surface area (Å²) < 4.78 is 38.2. The van der Waals surface area contributed by atoms with E-state index in [0.29, 0.717) is 0 Å². The molecule has 1 aromatic rings. The Balaban J connectivity index is 1.48. The van der Waals surface area contributed by atoms with Crippen molar-refractivity contribution in [2.24, 2.45) is 23.7 Å². The lowest BCUT2D eigenvalue weighted by Gasteiger charge is -2.19. The molecule has 0 unspecified atom stereocenters. The molecular weight excluding hydrogens is 321 g/mol. The number of rotatable bonds is 3. The lowest BCUT2D eigenvalue weighted by molar-refractivity contribution is -0.140. The van der Waals surface area contributed by atoms with Crippen LogP contribution in [0.4, 0.5) is 18.9 Å². The summed E-state index contributed by atoms with van der Waals surface area (Å²) in [6.45, 7) is -0.106. The second kappa shape index (κ2) is 5.09. The Hall–Kier alpha value is -2.31. The zero-order valence-corrected chi connectivity index (χ0v) is 12.6. The largest absolute Gasteiger partial charge is 0.416 e. The Morgan fingerprint density at radius 3 is 2.29 bits per heavy atom. The molecule has 1 aliphatic heterocycles. The number of hydrogen-bond donors (Lipinski definition) is 1. The minimum atomic E-state index is -4.43. The number of halogens is 3. The van der Waals surface area contributed by atoms with Crippen LogP contribution in [0.3, 0.4) is 0 Å². The maximum atomic E-state index is 12.7. The molecule has 24 heavy (non-hydrogen) atoms. The molecule has 0 aromatic heterocycles. The molecule has 0 radical (unpaired) electrons. The first-order chi connectivity index (χ1) is 11.4. The number of nitrogens with one attached hydrogen (secondary N) is 1. The van der Waals surface area contributed by atoms with Crippen LogP contribution in [-0.4, -0.2) is 23.4 Å². The number of benzene rings is 1. The van der Waals surface area contributed by atoms with Crippen LogP contribution in [0.15, 0.2) is 36.4 Å². The van der Waals surface area contributed by atoms with Gasteiger partial charge in [0.05, 0.1) is 24.1 Å². The van der Waals surface area contributed by atoms with Crippen molar-refractivity contribution in [1.29, 1.82) is 0 Å². The van der Waals surface area contributed by atoms with E-state index < -0.39 is 11.7 Å². The molecule has 2 amide bonds. The van der Waals surface area contributed by atoms with Gasteiger partial charge in [-0.15, -0.1) is 0 Å². The maximum absolute atomic E-state index is 12.7. The molecule has 1 N–H and O–H groups in total. The standard InChI is InChI=1S/C17H15F3N2O2/c18-17(19,20)11-2-1-3-12(7-11)21-8-22-15(23)13-9-4-5-10(6-9)14(13)16(22)24/h1-5,7,9-10,13-14,21H,6,8H2/t9-,10-,13-,14+/m0/s1. The molecule has 4 nitrogen and oxygen atoms in total. The fourth-order valence-electron chi connectivity index (χ4n) is 4.10. The number of amides is 2. The van der Waals surface area contributed by atoms with E-state index in [9.17, 15) is 22.8 Å². The third kappa shape index (κ3) is 2.22. The lowest BCUT2D eigenvalue weighted by atomic mass is 9.85. The molecule has 7 heteroatoms. The van der Waals surface area contributed by atoms with Crippen molar-refractivity contribution < 1.29 is 22.8 Å². The number of allylic oxidation sites excluding steroid dienone is 2. The van der Waals surface area contributed by atoms with Gasteiger partial charge in [0.25, 0.3) is 0 Å². The van der Waals surface area contributed by atoms with Gasteiger partial charge in [-0.25, -0.2) is 0 Å². The first-order valence-corrected chi connectivity index (χ1v) is 7.81. The van der Waals surface area contributed by atoms with Crippen LogP contribution in [0, 0.1) is 23.7 Å². The second-order valence-electron chi connectivity index (χ2n) is 6.52. The Kier molecular flexibility index (Phi) is 3.23. The first kappa shape index (κ1) is 15.2. The summed E-state index contributed by atoms with van der Waals surface area (Å²) in [5.74, 6) is -0.792. The van der Waals surface area contributed by atoms with E-state index >= 15 is 0 Å². The lowest BCUT2D eigenvalue weighted by Crippen LogP contribution is -2.37. The summed E-state index contributed by atoms with van der Waals surface area (Å²) in [6.07, 6.45) is 0.419. The van der Waals surface area contributed by atoms with Gasteiger partial charge in [0.15, 0.2) is 0 Å². The minimum absolute atomic E-state index is 0.106. The summed E-state index contributed by atoms with van der Waals surface area (Å²) in [5.41, 5.74) is -0.547. The van der Waals surface area contributed by atoms with Crippen LogP contribution < -0.4 is 5.32 Å². The molecule has 2 aliphatic carbocycles. The highest BCUT2D eigenvalue weighted by molar-refractivity contribution is 6.06. The van der Waals surface area contributed by atoms with E-state index in [0.717, 1.165) is 23.5 Å². The van der Waals surface area contributed by atoms with E-state index in [1.54, 1.807) is 0 Å². The van der Waals surface area contributed by atoms with Crippen LogP contribution in [-0.2, 0) is 15.8 Å². The molecule has 3 aliphatic rings. The van der Waals surface area contributed by atoms with Crippen molar-refractivity contribution in [3.8, 4) is 0 Å². The first-order valence-electron chi connectivity index (χ1n) is 7.81. The molecule has 1 heterocycles. The third-order valence-electron chi connectivity index (χ3n) is 5.19. The van der Waals surface area contributed by atoms with Gasteiger partial charge < -0.3 is 5.32 Å². The van der Waals surface area contributed by atoms with Crippen LogP contribution in [0.5, 0.6) is 0 Å². The number of nitrogens with zero attached hydrogens (tertiary/aromatic N) is 1. The summed E-state index contributed by atoms with van der Waals surface area (Å²) in [7, 11) is 0. The van der Waals surface area contributed by atoms with E-state index in [1.165, 1.54) is 12.1 Å². The number of carbonyl (C=O) groups is 2. The van der Waals surface area contributed by atoms with Gasteiger partial charge in [0.1, 0.15) is 0 Å². The number of carbonyl (C=O) groups excluding carboxylic acids is 2. The monoisotopic (exact) mass is 336 g/mol. The highest BCUT2D eigenvalue weighted by Gasteiger charge is 2.59. The molecule has 4 atom stereocenters. The fraction of sp³-hybridized carbons (Fsp3) is 0.412. The predicted octanol–water partition coefficient (Wildman–Crippen LogP) is 2.88. The second-order valence-corrected chi connectivity index (χ2v) is 6.52. The van der Waals surface area contributed by atoms with Crippen LogP contribution in [0.2, 0.25) is 0 Å². The normalized spacial score (nSPS) is 31.0. The van der Waals surface area contributed by atoms with Crippen LogP contribution in [0.25, 0.3) is 0 Å². The summed E-state index contributed by atoms with van der Waals surface area (Å²) in [5, 5.41) is 2.76. The zero-order valence-electron chi connectivity index (χ0n) is 12.6. The topological polar surface area (TPSA) is 49.4 Å². The summed E-state index contributed by atoms with van der Waals surface area (Å²) in [4.78, 5) is 26.1. The van der Waals surface area contributed by atoms with Gasteiger partial charge >= 0.3 is 6.18 Å². The molecule has 4 rings (SSSR count). The number of fused-ring (bicyclic) bond motifs is 5. The van der Waals surface area contributed by atoms with Crippen LogP contribution in [0.1, 0.15) is 12.0 Å². The molecule has 2 fully saturated rings. The average Bonchev–Trinajstić information content (AvgIpc) is 3.20. The highest BCUT2D eigenvalue weighted by Crippen LogP contribution is 2.52. The van der Waals surface area contributed by atoms with E-state index in [4.69, 9.17) is 0 Å². The van der Waals surface area contributed by atoms with Crippen molar-refractivity contribution in [2.45, 2.75) is 12.6 Å². The fourth-order valence-corrected chi connectivity index (χ4v) is 4.10. The van der Waals surface area contributed by atoms with Gasteiger partial charge in [-0.05, 0) is 36.5 Å². The Morgan fingerprint density at radius 1 is 1.08 bits per heavy atom. The maximum Gasteiger partial charge on any atom is 0.416 e. The smallest absolute Gasteiger partial charge is 0.367 e. The molecule has 2 bridgehead atoms. The number of likely N-dealkylation sites (tertiary alicyclic amines) is 1. The molecule has 1 saturated carbocycles. The predicted molar refractivity (Wildman–Crippen MR) is 79.5 cm³/mol. The van der Waals surface area contributed by atoms with E-state index in [1.807, 2.05) is 12.2 Å². The van der Waals surface area contributed by atoms with Gasteiger partial charge in [-0.3, -0.25) is 14.5 Å². The Labute approximate surface area is 136 Å². The van der Waals surface area contributed by atoms with Crippen molar-refractivity contribution in [3.05, 3.63) is 42.0 Å². The van der Waals surface area contributed by atoms with Gasteiger partial charge in [0, 0.05) is 5.69 Å². The molecule has 0 spiro atoms. The minimum Gasteiger partial charge on any atom is -0.367 e. The van der Waals surface area contributed by atoms with Gasteiger partial charge in [-0.1, -0.05) is 18.2 Å². The van der Waals surface area contributed by atoms with Gasteiger partial charge in [0.2, 0.25) is 11.8 Å². The number of hydrogen-bond acceptors (Lipinski definition) is 3. The summed E-state index contributed by atoms with van der Waals surface area (Å²) >= 11 is 0. The number of anilines is 1. The van der Waals surface area contributed by atoms with E-state index in [-0.39, 0.29) is 47.8 Å².